The molecule has 6 heteroatoms. The van der Waals surface area contributed by atoms with Crippen molar-refractivity contribution < 1.29 is 4.79 Å². The van der Waals surface area contributed by atoms with Gasteiger partial charge >= 0.3 is 0 Å². The molecule has 1 fully saturated rings. The lowest BCUT2D eigenvalue weighted by Gasteiger charge is -2.11. The fourth-order valence-electron chi connectivity index (χ4n) is 2.64. The highest BCUT2D eigenvalue weighted by Crippen LogP contribution is 2.26. The normalized spacial score (nSPS) is 15.4. The zero-order valence-corrected chi connectivity index (χ0v) is 11.4. The SMILES string of the molecule is Cn1nnnc1-c1cccc(NC(=O)C2CCCC2)c1. The smallest absolute Gasteiger partial charge is 0.227 e. The number of amides is 1. The van der Waals surface area contributed by atoms with Crippen molar-refractivity contribution in [2.75, 3.05) is 5.32 Å². The van der Waals surface area contributed by atoms with E-state index in [0.717, 1.165) is 36.9 Å². The molecule has 1 aromatic carbocycles. The number of nitrogens with one attached hydrogen (secondary N) is 1. The number of tetrazole rings is 1. The average Bonchev–Trinajstić information content (AvgIpc) is 3.10. The maximum absolute atomic E-state index is 12.1. The molecule has 1 amide bonds. The summed E-state index contributed by atoms with van der Waals surface area (Å²) in [5.41, 5.74) is 1.68. The molecule has 1 aliphatic rings. The van der Waals surface area contributed by atoms with E-state index < -0.39 is 0 Å². The van der Waals surface area contributed by atoms with Gasteiger partial charge in [0.05, 0.1) is 0 Å². The Balaban J connectivity index is 1.78. The molecule has 0 spiro atoms. The number of anilines is 1. The third-order valence-electron chi connectivity index (χ3n) is 3.73. The fourth-order valence-corrected chi connectivity index (χ4v) is 2.64. The summed E-state index contributed by atoms with van der Waals surface area (Å²) >= 11 is 0. The van der Waals surface area contributed by atoms with Crippen LogP contribution in [0.5, 0.6) is 0 Å². The summed E-state index contributed by atoms with van der Waals surface area (Å²) in [6.07, 6.45) is 4.31. The maximum atomic E-state index is 12.1. The van der Waals surface area contributed by atoms with Crippen LogP contribution in [0.25, 0.3) is 11.4 Å². The summed E-state index contributed by atoms with van der Waals surface area (Å²) in [7, 11) is 1.79. The Labute approximate surface area is 117 Å². The van der Waals surface area contributed by atoms with Gasteiger partial charge < -0.3 is 5.32 Å². The highest BCUT2D eigenvalue weighted by atomic mass is 16.1. The first kappa shape index (κ1) is 12.8. The number of nitrogens with zero attached hydrogens (tertiary/aromatic N) is 4. The molecule has 20 heavy (non-hydrogen) atoms. The minimum Gasteiger partial charge on any atom is -0.326 e. The Morgan fingerprint density at radius 3 is 2.85 bits per heavy atom. The molecule has 1 aliphatic carbocycles. The van der Waals surface area contributed by atoms with Crippen LogP contribution in [0.15, 0.2) is 24.3 Å². The Kier molecular flexibility index (Phi) is 3.45. The van der Waals surface area contributed by atoms with Crippen molar-refractivity contribution in [1.82, 2.24) is 20.2 Å². The monoisotopic (exact) mass is 271 g/mol. The molecule has 6 nitrogen and oxygen atoms in total. The Morgan fingerprint density at radius 2 is 2.15 bits per heavy atom. The third kappa shape index (κ3) is 2.54. The molecule has 3 rings (SSSR count). The molecule has 0 radical (unpaired) electrons. The average molecular weight is 271 g/mol. The molecular formula is C14H17N5O. The molecular weight excluding hydrogens is 254 g/mol. The van der Waals surface area contributed by atoms with Crippen LogP contribution in [-0.2, 0) is 11.8 Å². The Bertz CT molecular complexity index is 616. The predicted octanol–water partition coefficient (Wildman–Crippen LogP) is 2.01. The van der Waals surface area contributed by atoms with Gasteiger partial charge in [0, 0.05) is 24.2 Å². The molecule has 0 aliphatic heterocycles. The van der Waals surface area contributed by atoms with Gasteiger partial charge in [-0.1, -0.05) is 25.0 Å². The van der Waals surface area contributed by atoms with E-state index in [-0.39, 0.29) is 11.8 Å². The van der Waals surface area contributed by atoms with Crippen LogP contribution in [0.2, 0.25) is 0 Å². The van der Waals surface area contributed by atoms with Crippen molar-refractivity contribution in [2.24, 2.45) is 13.0 Å². The van der Waals surface area contributed by atoms with Crippen LogP contribution in [0.3, 0.4) is 0 Å². The summed E-state index contributed by atoms with van der Waals surface area (Å²) in [4.78, 5) is 12.1. The van der Waals surface area contributed by atoms with Crippen molar-refractivity contribution in [3.8, 4) is 11.4 Å². The van der Waals surface area contributed by atoms with Crippen LogP contribution in [0.4, 0.5) is 5.69 Å². The number of hydrogen-bond donors (Lipinski definition) is 1. The Hall–Kier alpha value is -2.24. The summed E-state index contributed by atoms with van der Waals surface area (Å²) in [5, 5.41) is 14.4. The van der Waals surface area contributed by atoms with E-state index in [1.807, 2.05) is 24.3 Å². The number of benzene rings is 1. The fraction of sp³-hybridized carbons (Fsp3) is 0.429. The van der Waals surface area contributed by atoms with Gasteiger partial charge in [0.2, 0.25) is 5.91 Å². The zero-order chi connectivity index (χ0) is 13.9. The lowest BCUT2D eigenvalue weighted by atomic mass is 10.1. The van der Waals surface area contributed by atoms with E-state index >= 15 is 0 Å². The molecule has 1 heterocycles. The van der Waals surface area contributed by atoms with Gasteiger partial charge in [-0.25, -0.2) is 4.68 Å². The van der Waals surface area contributed by atoms with E-state index in [1.54, 1.807) is 11.7 Å². The number of hydrogen-bond acceptors (Lipinski definition) is 4. The van der Waals surface area contributed by atoms with Crippen LogP contribution in [-0.4, -0.2) is 26.1 Å². The Morgan fingerprint density at radius 1 is 1.35 bits per heavy atom. The first-order valence-corrected chi connectivity index (χ1v) is 6.88. The van der Waals surface area contributed by atoms with Crippen molar-refractivity contribution in [1.29, 1.82) is 0 Å². The minimum absolute atomic E-state index is 0.121. The van der Waals surface area contributed by atoms with Crippen molar-refractivity contribution in [2.45, 2.75) is 25.7 Å². The number of carbonyl (C=O) groups is 1. The van der Waals surface area contributed by atoms with E-state index in [1.165, 1.54) is 0 Å². The highest BCUT2D eigenvalue weighted by Gasteiger charge is 2.22. The number of aryl methyl sites for hydroxylation is 1. The highest BCUT2D eigenvalue weighted by molar-refractivity contribution is 5.93. The van der Waals surface area contributed by atoms with E-state index in [0.29, 0.717) is 5.82 Å². The lowest BCUT2D eigenvalue weighted by molar-refractivity contribution is -0.119. The molecule has 104 valence electrons. The van der Waals surface area contributed by atoms with E-state index in [9.17, 15) is 4.79 Å². The number of rotatable bonds is 3. The molecule has 0 atom stereocenters. The van der Waals surface area contributed by atoms with Gasteiger partial charge in [-0.2, -0.15) is 0 Å². The van der Waals surface area contributed by atoms with Crippen molar-refractivity contribution in [3.05, 3.63) is 24.3 Å². The molecule has 0 unspecified atom stereocenters. The summed E-state index contributed by atoms with van der Waals surface area (Å²) in [5.74, 6) is 0.966. The van der Waals surface area contributed by atoms with E-state index in [4.69, 9.17) is 0 Å². The first-order valence-electron chi connectivity index (χ1n) is 6.88. The van der Waals surface area contributed by atoms with Gasteiger partial charge in [0.15, 0.2) is 5.82 Å². The summed E-state index contributed by atoms with van der Waals surface area (Å²) in [6.45, 7) is 0. The maximum Gasteiger partial charge on any atom is 0.227 e. The first-order chi connectivity index (χ1) is 9.74. The topological polar surface area (TPSA) is 72.7 Å². The largest absolute Gasteiger partial charge is 0.326 e. The standard InChI is InChI=1S/C14H17N5O/c1-19-13(16-17-18-19)11-7-4-8-12(9-11)15-14(20)10-5-2-3-6-10/h4,7-10H,2-3,5-6H2,1H3,(H,15,20). The second kappa shape index (κ2) is 5.40. The second-order valence-corrected chi connectivity index (χ2v) is 5.18. The number of aromatic nitrogens is 4. The van der Waals surface area contributed by atoms with Crippen LogP contribution in [0, 0.1) is 5.92 Å². The minimum atomic E-state index is 0.121. The quantitative estimate of drug-likeness (QED) is 0.926. The van der Waals surface area contributed by atoms with Crippen molar-refractivity contribution in [3.63, 3.8) is 0 Å². The molecule has 1 N–H and O–H groups in total. The van der Waals surface area contributed by atoms with Gasteiger partial charge in [-0.05, 0) is 35.4 Å². The molecule has 1 saturated carbocycles. The molecule has 0 bridgehead atoms. The third-order valence-corrected chi connectivity index (χ3v) is 3.73. The molecule has 2 aromatic rings. The van der Waals surface area contributed by atoms with Crippen LogP contribution >= 0.6 is 0 Å². The van der Waals surface area contributed by atoms with Crippen LogP contribution in [0.1, 0.15) is 25.7 Å². The number of carbonyl (C=O) groups excluding carboxylic acids is 1. The van der Waals surface area contributed by atoms with Gasteiger partial charge in [-0.3, -0.25) is 4.79 Å². The van der Waals surface area contributed by atoms with Gasteiger partial charge in [0.1, 0.15) is 0 Å². The van der Waals surface area contributed by atoms with Gasteiger partial charge in [-0.15, -0.1) is 5.10 Å². The van der Waals surface area contributed by atoms with E-state index in [2.05, 4.69) is 20.8 Å². The predicted molar refractivity (Wildman–Crippen MR) is 74.8 cm³/mol. The second-order valence-electron chi connectivity index (χ2n) is 5.18. The zero-order valence-electron chi connectivity index (χ0n) is 11.4. The molecule has 1 aromatic heterocycles. The summed E-state index contributed by atoms with van der Waals surface area (Å²) < 4.78 is 1.61. The lowest BCUT2D eigenvalue weighted by Crippen LogP contribution is -2.20. The summed E-state index contributed by atoms with van der Waals surface area (Å²) in [6, 6.07) is 7.61. The van der Waals surface area contributed by atoms with Crippen LogP contribution < -0.4 is 5.32 Å². The van der Waals surface area contributed by atoms with Gasteiger partial charge in [0.25, 0.3) is 0 Å². The molecule has 0 saturated heterocycles. The van der Waals surface area contributed by atoms with Crippen molar-refractivity contribution >= 4 is 11.6 Å².